The molecular formula is C15H17N5O. The average Bonchev–Trinajstić information content (AvgIpc) is 2.88. The lowest BCUT2D eigenvalue weighted by Gasteiger charge is -2.24. The molecule has 21 heavy (non-hydrogen) atoms. The van der Waals surface area contributed by atoms with Crippen LogP contribution >= 0.6 is 0 Å². The maximum atomic E-state index is 8.88. The van der Waals surface area contributed by atoms with Gasteiger partial charge in [0.25, 0.3) is 0 Å². The van der Waals surface area contributed by atoms with Crippen LogP contribution in [0.3, 0.4) is 0 Å². The molecule has 6 heteroatoms. The maximum absolute atomic E-state index is 8.88. The molecule has 1 aliphatic rings. The molecule has 2 aromatic rings. The summed E-state index contributed by atoms with van der Waals surface area (Å²) in [6.45, 7) is 4.70. The number of benzene rings is 1. The summed E-state index contributed by atoms with van der Waals surface area (Å²) < 4.78 is 7.73. The topological polar surface area (TPSA) is 75.8 Å². The molecule has 0 amide bonds. The fourth-order valence-electron chi connectivity index (χ4n) is 2.44. The first-order valence-electron chi connectivity index (χ1n) is 6.96. The van der Waals surface area contributed by atoms with E-state index in [-0.39, 0.29) is 6.10 Å². The molecule has 2 heterocycles. The summed E-state index contributed by atoms with van der Waals surface area (Å²) in [5, 5.41) is 20.4. The van der Waals surface area contributed by atoms with Crippen molar-refractivity contribution in [2.45, 2.75) is 32.7 Å². The standard InChI is InChI=1S/C15H17N5O/c1-11-15-10-21-14(9-20(15)19-18-11)8-17-7-13-4-2-3-12(5-13)6-16/h2-5,14,17H,7-10H2,1H3/t14-/m0/s1. The van der Waals surface area contributed by atoms with Gasteiger partial charge in [0, 0.05) is 13.1 Å². The number of fused-ring (bicyclic) bond motifs is 1. The van der Waals surface area contributed by atoms with Crippen molar-refractivity contribution >= 4 is 0 Å². The van der Waals surface area contributed by atoms with Crippen molar-refractivity contribution < 1.29 is 4.74 Å². The van der Waals surface area contributed by atoms with E-state index in [1.165, 1.54) is 0 Å². The SMILES string of the molecule is Cc1nnn2c1CO[C@@H](CNCc1cccc(C#N)c1)C2. The number of rotatable bonds is 4. The van der Waals surface area contributed by atoms with Gasteiger partial charge in [-0.05, 0) is 24.6 Å². The molecule has 3 rings (SSSR count). The van der Waals surface area contributed by atoms with Crippen molar-refractivity contribution in [2.24, 2.45) is 0 Å². The van der Waals surface area contributed by atoms with Crippen molar-refractivity contribution in [3.8, 4) is 6.07 Å². The quantitative estimate of drug-likeness (QED) is 0.911. The predicted molar refractivity (Wildman–Crippen MR) is 76.2 cm³/mol. The van der Waals surface area contributed by atoms with Crippen LogP contribution in [0, 0.1) is 18.3 Å². The van der Waals surface area contributed by atoms with Gasteiger partial charge in [-0.15, -0.1) is 5.10 Å². The molecule has 6 nitrogen and oxygen atoms in total. The van der Waals surface area contributed by atoms with Gasteiger partial charge >= 0.3 is 0 Å². The first kappa shape index (κ1) is 13.7. The molecule has 1 aliphatic heterocycles. The number of nitrogens with one attached hydrogen (secondary N) is 1. The van der Waals surface area contributed by atoms with E-state index in [4.69, 9.17) is 10.00 Å². The van der Waals surface area contributed by atoms with E-state index < -0.39 is 0 Å². The molecule has 1 N–H and O–H groups in total. The molecule has 0 bridgehead atoms. The third-order valence-electron chi connectivity index (χ3n) is 3.62. The van der Waals surface area contributed by atoms with Crippen LogP contribution in [0.25, 0.3) is 0 Å². The molecule has 1 aromatic heterocycles. The molecule has 1 aromatic carbocycles. The van der Waals surface area contributed by atoms with E-state index in [1.807, 2.05) is 35.9 Å². The zero-order valence-electron chi connectivity index (χ0n) is 11.9. The second kappa shape index (κ2) is 6.04. The second-order valence-electron chi connectivity index (χ2n) is 5.18. The van der Waals surface area contributed by atoms with Crippen LogP contribution in [0.15, 0.2) is 24.3 Å². The summed E-state index contributed by atoms with van der Waals surface area (Å²) in [7, 11) is 0. The Hall–Kier alpha value is -2.23. The van der Waals surface area contributed by atoms with Gasteiger partial charge < -0.3 is 10.1 Å². The highest BCUT2D eigenvalue weighted by molar-refractivity contribution is 5.32. The summed E-state index contributed by atoms with van der Waals surface area (Å²) >= 11 is 0. The number of hydrogen-bond donors (Lipinski definition) is 1. The van der Waals surface area contributed by atoms with Crippen molar-refractivity contribution in [1.82, 2.24) is 20.3 Å². The average molecular weight is 283 g/mol. The number of hydrogen-bond acceptors (Lipinski definition) is 5. The fourth-order valence-corrected chi connectivity index (χ4v) is 2.44. The second-order valence-corrected chi connectivity index (χ2v) is 5.18. The van der Waals surface area contributed by atoms with E-state index in [9.17, 15) is 0 Å². The van der Waals surface area contributed by atoms with E-state index in [2.05, 4.69) is 21.7 Å². The Bertz CT molecular complexity index is 673. The van der Waals surface area contributed by atoms with Gasteiger partial charge in [0.15, 0.2) is 0 Å². The van der Waals surface area contributed by atoms with Crippen molar-refractivity contribution in [3.05, 3.63) is 46.8 Å². The van der Waals surface area contributed by atoms with Gasteiger partial charge in [0.2, 0.25) is 0 Å². The summed E-state index contributed by atoms with van der Waals surface area (Å²) in [4.78, 5) is 0. The third-order valence-corrected chi connectivity index (χ3v) is 3.62. The minimum Gasteiger partial charge on any atom is -0.369 e. The predicted octanol–water partition coefficient (Wildman–Crippen LogP) is 1.15. The Labute approximate surface area is 123 Å². The highest BCUT2D eigenvalue weighted by Gasteiger charge is 2.21. The summed E-state index contributed by atoms with van der Waals surface area (Å²) in [6, 6.07) is 9.76. The number of nitrogens with zero attached hydrogens (tertiary/aromatic N) is 4. The lowest BCUT2D eigenvalue weighted by molar-refractivity contribution is 0.000692. The molecule has 0 fully saturated rings. The van der Waals surface area contributed by atoms with Crippen LogP contribution in [0.4, 0.5) is 0 Å². The molecule has 0 radical (unpaired) electrons. The first-order valence-corrected chi connectivity index (χ1v) is 6.96. The largest absolute Gasteiger partial charge is 0.369 e. The molecule has 108 valence electrons. The van der Waals surface area contributed by atoms with E-state index in [1.54, 1.807) is 0 Å². The zero-order chi connectivity index (χ0) is 14.7. The lowest BCUT2D eigenvalue weighted by atomic mass is 10.1. The van der Waals surface area contributed by atoms with Gasteiger partial charge in [0.05, 0.1) is 42.3 Å². The van der Waals surface area contributed by atoms with Crippen molar-refractivity contribution in [2.75, 3.05) is 6.54 Å². The number of ether oxygens (including phenoxy) is 1. The molecule has 0 saturated carbocycles. The van der Waals surface area contributed by atoms with E-state index in [0.29, 0.717) is 12.2 Å². The third kappa shape index (κ3) is 3.10. The minimum absolute atomic E-state index is 0.0951. The molecule has 0 saturated heterocycles. The molecule has 0 unspecified atom stereocenters. The van der Waals surface area contributed by atoms with Crippen LogP contribution in [0.1, 0.15) is 22.5 Å². The fraction of sp³-hybridized carbons (Fsp3) is 0.400. The summed E-state index contributed by atoms with van der Waals surface area (Å²) in [5.41, 5.74) is 3.79. The summed E-state index contributed by atoms with van der Waals surface area (Å²) in [5.74, 6) is 0. The highest BCUT2D eigenvalue weighted by Crippen LogP contribution is 2.14. The van der Waals surface area contributed by atoms with Gasteiger partial charge in [0.1, 0.15) is 0 Å². The summed E-state index contributed by atoms with van der Waals surface area (Å²) in [6.07, 6.45) is 0.0951. The highest BCUT2D eigenvalue weighted by atomic mass is 16.5. The Kier molecular flexibility index (Phi) is 3.95. The normalized spacial score (nSPS) is 17.2. The van der Waals surface area contributed by atoms with Crippen LogP contribution in [0.5, 0.6) is 0 Å². The Balaban J connectivity index is 1.51. The monoisotopic (exact) mass is 283 g/mol. The van der Waals surface area contributed by atoms with Crippen LogP contribution in [-0.2, 0) is 24.4 Å². The Morgan fingerprint density at radius 3 is 3.29 bits per heavy atom. The Morgan fingerprint density at radius 1 is 1.52 bits per heavy atom. The lowest BCUT2D eigenvalue weighted by Crippen LogP contribution is -2.36. The van der Waals surface area contributed by atoms with Gasteiger partial charge in [-0.3, -0.25) is 0 Å². The zero-order valence-corrected chi connectivity index (χ0v) is 11.9. The number of aromatic nitrogens is 3. The molecule has 0 aliphatic carbocycles. The van der Waals surface area contributed by atoms with Gasteiger partial charge in [-0.2, -0.15) is 5.26 Å². The van der Waals surface area contributed by atoms with Crippen LogP contribution in [-0.4, -0.2) is 27.6 Å². The van der Waals surface area contributed by atoms with E-state index >= 15 is 0 Å². The number of aryl methyl sites for hydroxylation is 1. The maximum Gasteiger partial charge on any atom is 0.0991 e. The van der Waals surface area contributed by atoms with Crippen molar-refractivity contribution in [3.63, 3.8) is 0 Å². The van der Waals surface area contributed by atoms with Gasteiger partial charge in [-0.25, -0.2) is 4.68 Å². The van der Waals surface area contributed by atoms with Crippen LogP contribution in [0.2, 0.25) is 0 Å². The smallest absolute Gasteiger partial charge is 0.0991 e. The molecule has 0 spiro atoms. The minimum atomic E-state index is 0.0951. The molecule has 1 atom stereocenters. The van der Waals surface area contributed by atoms with Crippen LogP contribution < -0.4 is 5.32 Å². The van der Waals surface area contributed by atoms with Crippen molar-refractivity contribution in [1.29, 1.82) is 5.26 Å². The molecular weight excluding hydrogens is 266 g/mol. The Morgan fingerprint density at radius 2 is 2.43 bits per heavy atom. The van der Waals surface area contributed by atoms with Gasteiger partial charge in [-0.1, -0.05) is 17.3 Å². The van der Waals surface area contributed by atoms with E-state index in [0.717, 1.165) is 36.6 Å². The number of nitriles is 1. The first-order chi connectivity index (χ1) is 10.3.